The van der Waals surface area contributed by atoms with Gasteiger partial charge >= 0.3 is 6.18 Å². The number of rotatable bonds is 5. The number of alkyl halides is 3. The van der Waals surface area contributed by atoms with E-state index in [0.717, 1.165) is 5.56 Å². The summed E-state index contributed by atoms with van der Waals surface area (Å²) in [4.78, 5) is 0. The molecule has 0 spiro atoms. The Morgan fingerprint density at radius 1 is 1.43 bits per heavy atom. The van der Waals surface area contributed by atoms with Crippen molar-refractivity contribution in [1.29, 1.82) is 0 Å². The first-order valence-corrected chi connectivity index (χ1v) is 7.04. The quantitative estimate of drug-likeness (QED) is 0.901. The molecule has 1 aliphatic heterocycles. The van der Waals surface area contributed by atoms with Gasteiger partial charge in [0.2, 0.25) is 0 Å². The Balaban J connectivity index is 2.42. The molecule has 2 atom stereocenters. The predicted molar refractivity (Wildman–Crippen MR) is 73.9 cm³/mol. The maximum absolute atomic E-state index is 13.3. The molecule has 0 amide bonds. The zero-order valence-electron chi connectivity index (χ0n) is 12.4. The molecule has 0 radical (unpaired) electrons. The van der Waals surface area contributed by atoms with Crippen LogP contribution in [0.25, 0.3) is 0 Å². The van der Waals surface area contributed by atoms with Crippen molar-refractivity contribution in [3.05, 3.63) is 23.3 Å². The normalized spacial score (nSPS) is 19.0. The topological polar surface area (TPSA) is 30.5 Å². The van der Waals surface area contributed by atoms with E-state index in [0.29, 0.717) is 18.6 Å². The van der Waals surface area contributed by atoms with E-state index in [1.807, 2.05) is 13.8 Å². The molecule has 1 aromatic carbocycles. The van der Waals surface area contributed by atoms with E-state index in [4.69, 9.17) is 9.47 Å². The van der Waals surface area contributed by atoms with Crippen LogP contribution in [0.4, 0.5) is 13.2 Å². The maximum Gasteiger partial charge on any atom is 0.408 e. The number of benzene rings is 1. The van der Waals surface area contributed by atoms with Gasteiger partial charge < -0.3 is 14.8 Å². The Hall–Kier alpha value is -1.43. The maximum atomic E-state index is 13.3. The van der Waals surface area contributed by atoms with Crippen LogP contribution in [0.5, 0.6) is 11.5 Å². The summed E-state index contributed by atoms with van der Waals surface area (Å²) >= 11 is 0. The summed E-state index contributed by atoms with van der Waals surface area (Å²) in [7, 11) is 1.39. The van der Waals surface area contributed by atoms with Crippen LogP contribution in [-0.4, -0.2) is 25.9 Å². The average Bonchev–Trinajstić information content (AvgIpc) is 2.75. The molecular weight excluding hydrogens is 283 g/mol. The summed E-state index contributed by atoms with van der Waals surface area (Å²) in [6.07, 6.45) is -3.10. The minimum Gasteiger partial charge on any atom is -0.496 e. The molecule has 1 aromatic rings. The van der Waals surface area contributed by atoms with E-state index in [-0.39, 0.29) is 24.0 Å². The zero-order chi connectivity index (χ0) is 15.6. The third-order valence-corrected chi connectivity index (χ3v) is 3.49. The molecule has 1 N–H and O–H groups in total. The monoisotopic (exact) mass is 303 g/mol. The van der Waals surface area contributed by atoms with Crippen molar-refractivity contribution in [3.8, 4) is 11.5 Å². The highest BCUT2D eigenvalue weighted by Crippen LogP contribution is 2.42. The summed E-state index contributed by atoms with van der Waals surface area (Å²) < 4.78 is 50.7. The molecule has 3 nitrogen and oxygen atoms in total. The largest absolute Gasteiger partial charge is 0.496 e. The fraction of sp³-hybridized carbons (Fsp3) is 0.600. The van der Waals surface area contributed by atoms with Crippen LogP contribution in [0.15, 0.2) is 12.1 Å². The lowest BCUT2D eigenvalue weighted by Crippen LogP contribution is -2.35. The summed E-state index contributed by atoms with van der Waals surface area (Å²) in [5.74, 6) is 0.767. The molecule has 1 heterocycles. The number of ether oxygens (including phenoxy) is 2. The van der Waals surface area contributed by atoms with Crippen molar-refractivity contribution in [2.75, 3.05) is 13.7 Å². The molecule has 0 saturated carbocycles. The summed E-state index contributed by atoms with van der Waals surface area (Å²) in [6.45, 7) is 4.00. The Labute approximate surface area is 122 Å². The molecule has 2 rings (SSSR count). The first-order chi connectivity index (χ1) is 9.86. The van der Waals surface area contributed by atoms with E-state index >= 15 is 0 Å². The van der Waals surface area contributed by atoms with Gasteiger partial charge in [0, 0.05) is 17.5 Å². The molecular formula is C15H20F3NO2. The molecule has 0 saturated heterocycles. The highest BCUT2D eigenvalue weighted by Gasteiger charge is 2.42. The summed E-state index contributed by atoms with van der Waals surface area (Å²) in [5.41, 5.74) is 0.964. The van der Waals surface area contributed by atoms with Gasteiger partial charge in [-0.05, 0) is 32.0 Å². The number of hydrogen-bond donors (Lipinski definition) is 1. The fourth-order valence-corrected chi connectivity index (χ4v) is 2.55. The number of fused-ring (bicyclic) bond motifs is 1. The van der Waals surface area contributed by atoms with Crippen molar-refractivity contribution in [2.24, 2.45) is 0 Å². The van der Waals surface area contributed by atoms with Gasteiger partial charge in [0.15, 0.2) is 0 Å². The van der Waals surface area contributed by atoms with Crippen LogP contribution < -0.4 is 14.8 Å². The Bertz CT molecular complexity index is 502. The third-order valence-electron chi connectivity index (χ3n) is 3.49. The molecule has 1 aliphatic rings. The minimum atomic E-state index is -4.39. The second-order valence-corrected chi connectivity index (χ2v) is 5.26. The van der Waals surface area contributed by atoms with Crippen LogP contribution in [0.1, 0.15) is 37.4 Å². The molecule has 2 unspecified atom stereocenters. The van der Waals surface area contributed by atoms with Gasteiger partial charge in [-0.25, -0.2) is 0 Å². The Kier molecular flexibility index (Phi) is 4.66. The van der Waals surface area contributed by atoms with Crippen LogP contribution in [0, 0.1) is 0 Å². The predicted octanol–water partition coefficient (Wildman–Crippen LogP) is 3.62. The smallest absolute Gasteiger partial charge is 0.408 e. The second kappa shape index (κ2) is 6.13. The SMILES string of the molecule is CCCNC(c1cc2c(cc1OC)CC(C)O2)C(F)(F)F. The molecule has 0 aromatic heterocycles. The fourth-order valence-electron chi connectivity index (χ4n) is 2.55. The van der Waals surface area contributed by atoms with E-state index in [2.05, 4.69) is 5.32 Å². The second-order valence-electron chi connectivity index (χ2n) is 5.26. The van der Waals surface area contributed by atoms with Gasteiger partial charge in [0.25, 0.3) is 0 Å². The van der Waals surface area contributed by atoms with Crippen LogP contribution in [-0.2, 0) is 6.42 Å². The Morgan fingerprint density at radius 2 is 2.14 bits per heavy atom. The van der Waals surface area contributed by atoms with Crippen molar-refractivity contribution >= 4 is 0 Å². The molecule has 0 aliphatic carbocycles. The Morgan fingerprint density at radius 3 is 2.71 bits per heavy atom. The van der Waals surface area contributed by atoms with Crippen LogP contribution in [0.3, 0.4) is 0 Å². The van der Waals surface area contributed by atoms with E-state index in [9.17, 15) is 13.2 Å². The van der Waals surface area contributed by atoms with Crippen molar-refractivity contribution in [2.45, 2.75) is 45.0 Å². The number of halogens is 3. The lowest BCUT2D eigenvalue weighted by atomic mass is 10.0. The van der Waals surface area contributed by atoms with Crippen molar-refractivity contribution in [1.82, 2.24) is 5.32 Å². The minimum absolute atomic E-state index is 0.0205. The molecule has 0 bridgehead atoms. The number of nitrogens with one attached hydrogen (secondary N) is 1. The molecule has 118 valence electrons. The highest BCUT2D eigenvalue weighted by atomic mass is 19.4. The van der Waals surface area contributed by atoms with Gasteiger partial charge in [0.1, 0.15) is 23.6 Å². The lowest BCUT2D eigenvalue weighted by molar-refractivity contribution is -0.158. The molecule has 6 heteroatoms. The zero-order valence-corrected chi connectivity index (χ0v) is 12.4. The first kappa shape index (κ1) is 15.9. The van der Waals surface area contributed by atoms with Gasteiger partial charge in [-0.15, -0.1) is 0 Å². The number of methoxy groups -OCH3 is 1. The average molecular weight is 303 g/mol. The van der Waals surface area contributed by atoms with Gasteiger partial charge in [-0.2, -0.15) is 13.2 Å². The van der Waals surface area contributed by atoms with Gasteiger partial charge in [-0.3, -0.25) is 0 Å². The van der Waals surface area contributed by atoms with E-state index in [1.54, 1.807) is 6.07 Å². The standard InChI is InChI=1S/C15H20F3NO2/c1-4-5-19-14(15(16,17)18)11-8-12-10(6-9(2)21-12)7-13(11)20-3/h7-9,14,19H,4-6H2,1-3H3. The highest BCUT2D eigenvalue weighted by molar-refractivity contribution is 5.50. The van der Waals surface area contributed by atoms with Crippen LogP contribution >= 0.6 is 0 Å². The summed E-state index contributed by atoms with van der Waals surface area (Å²) in [6, 6.07) is 1.36. The van der Waals surface area contributed by atoms with Gasteiger partial charge in [0.05, 0.1) is 7.11 Å². The first-order valence-electron chi connectivity index (χ1n) is 7.04. The lowest BCUT2D eigenvalue weighted by Gasteiger charge is -2.24. The molecule has 21 heavy (non-hydrogen) atoms. The van der Waals surface area contributed by atoms with E-state index < -0.39 is 12.2 Å². The number of hydrogen-bond acceptors (Lipinski definition) is 3. The van der Waals surface area contributed by atoms with E-state index in [1.165, 1.54) is 13.2 Å². The van der Waals surface area contributed by atoms with Crippen molar-refractivity contribution in [3.63, 3.8) is 0 Å². The summed E-state index contributed by atoms with van der Waals surface area (Å²) in [5, 5.41) is 2.54. The third kappa shape index (κ3) is 3.43. The van der Waals surface area contributed by atoms with Crippen molar-refractivity contribution < 1.29 is 22.6 Å². The van der Waals surface area contributed by atoms with Crippen LogP contribution in [0.2, 0.25) is 0 Å². The molecule has 0 fully saturated rings. The van der Waals surface area contributed by atoms with Gasteiger partial charge in [-0.1, -0.05) is 6.92 Å².